The number of pyridine rings is 1. The Balaban J connectivity index is 2.27. The molecular formula is C15H12ClN3O2. The molecule has 0 spiro atoms. The molecule has 21 heavy (non-hydrogen) atoms. The van der Waals surface area contributed by atoms with E-state index < -0.39 is 0 Å². The normalized spacial score (nSPS) is 11.0. The van der Waals surface area contributed by atoms with Crippen molar-refractivity contribution in [1.82, 2.24) is 9.55 Å². The molecule has 0 aliphatic heterocycles. The Labute approximate surface area is 125 Å². The van der Waals surface area contributed by atoms with Gasteiger partial charge in [-0.2, -0.15) is 0 Å². The summed E-state index contributed by atoms with van der Waals surface area (Å²) in [6.45, 7) is 2.22. The quantitative estimate of drug-likeness (QED) is 0.739. The summed E-state index contributed by atoms with van der Waals surface area (Å²) in [7, 11) is 0. The lowest BCUT2D eigenvalue weighted by Gasteiger charge is -2.08. The van der Waals surface area contributed by atoms with Crippen molar-refractivity contribution in [2.45, 2.75) is 13.5 Å². The van der Waals surface area contributed by atoms with Gasteiger partial charge >= 0.3 is 0 Å². The van der Waals surface area contributed by atoms with Crippen molar-refractivity contribution < 1.29 is 5.11 Å². The highest BCUT2D eigenvalue weighted by molar-refractivity contribution is 6.31. The largest absolute Gasteiger partial charge is 0.493 e. The first-order valence-electron chi connectivity index (χ1n) is 6.36. The summed E-state index contributed by atoms with van der Waals surface area (Å²) in [6.07, 6.45) is 1.68. The molecule has 3 rings (SSSR count). The van der Waals surface area contributed by atoms with E-state index in [1.54, 1.807) is 22.9 Å². The molecule has 2 heterocycles. The van der Waals surface area contributed by atoms with Crippen LogP contribution in [0.1, 0.15) is 11.3 Å². The molecule has 0 atom stereocenters. The zero-order chi connectivity index (χ0) is 15.0. The Morgan fingerprint density at radius 3 is 2.86 bits per heavy atom. The third-order valence-electron chi connectivity index (χ3n) is 3.40. The number of fused-ring (bicyclic) bond motifs is 1. The fraction of sp³-hybridized carbons (Fsp3) is 0.133. The standard InChI is InChI=1S/C15H12ClN3O2/c1-9-6-10(16)7-12-13(18-21)15(20)19(14(9)12)8-11-4-2-3-5-17-11/h2-7,20H,8H2,1H3. The molecule has 1 N–H and O–H groups in total. The van der Waals surface area contributed by atoms with Gasteiger partial charge in [0.1, 0.15) is 0 Å². The lowest BCUT2D eigenvalue weighted by Crippen LogP contribution is -2.01. The van der Waals surface area contributed by atoms with E-state index >= 15 is 0 Å². The minimum absolute atomic E-state index is 0.00605. The van der Waals surface area contributed by atoms with Gasteiger partial charge in [-0.3, -0.25) is 4.98 Å². The van der Waals surface area contributed by atoms with E-state index in [-0.39, 0.29) is 11.6 Å². The van der Waals surface area contributed by atoms with Gasteiger partial charge < -0.3 is 9.67 Å². The average molecular weight is 302 g/mol. The van der Waals surface area contributed by atoms with Gasteiger partial charge in [0, 0.05) is 16.6 Å². The van der Waals surface area contributed by atoms with E-state index in [1.165, 1.54) is 0 Å². The van der Waals surface area contributed by atoms with Crippen molar-refractivity contribution in [3.63, 3.8) is 0 Å². The van der Waals surface area contributed by atoms with Gasteiger partial charge in [0.05, 0.1) is 17.8 Å². The number of nitroso groups, excluding NO2 is 1. The van der Waals surface area contributed by atoms with Crippen molar-refractivity contribution in [1.29, 1.82) is 0 Å². The molecule has 106 valence electrons. The van der Waals surface area contributed by atoms with Crippen LogP contribution in [0, 0.1) is 11.8 Å². The topological polar surface area (TPSA) is 67.5 Å². The molecular weight excluding hydrogens is 290 g/mol. The van der Waals surface area contributed by atoms with Gasteiger partial charge in [0.2, 0.25) is 5.88 Å². The van der Waals surface area contributed by atoms with Crippen LogP contribution in [0.4, 0.5) is 5.69 Å². The molecule has 0 fully saturated rings. The van der Waals surface area contributed by atoms with Crippen molar-refractivity contribution in [2.24, 2.45) is 5.18 Å². The molecule has 0 amide bonds. The maximum atomic E-state index is 11.0. The van der Waals surface area contributed by atoms with Gasteiger partial charge in [-0.1, -0.05) is 17.7 Å². The Morgan fingerprint density at radius 1 is 1.38 bits per heavy atom. The molecule has 3 aromatic rings. The molecule has 6 heteroatoms. The van der Waals surface area contributed by atoms with Crippen LogP contribution in [0.3, 0.4) is 0 Å². The maximum absolute atomic E-state index is 11.0. The highest BCUT2D eigenvalue weighted by atomic mass is 35.5. The Hall–Kier alpha value is -2.40. The smallest absolute Gasteiger partial charge is 0.222 e. The van der Waals surface area contributed by atoms with Crippen molar-refractivity contribution in [3.05, 3.63) is 57.7 Å². The van der Waals surface area contributed by atoms with Gasteiger partial charge in [0.15, 0.2) is 5.69 Å². The SMILES string of the molecule is Cc1cc(Cl)cc2c(N=O)c(O)n(Cc3ccccn3)c12. The second-order valence-corrected chi connectivity index (χ2v) is 5.23. The third kappa shape index (κ3) is 2.25. The third-order valence-corrected chi connectivity index (χ3v) is 3.61. The average Bonchev–Trinajstić information content (AvgIpc) is 2.72. The van der Waals surface area contributed by atoms with Crippen molar-refractivity contribution in [3.8, 4) is 5.88 Å². The van der Waals surface area contributed by atoms with E-state index in [0.717, 1.165) is 16.8 Å². The minimum atomic E-state index is -0.170. The van der Waals surface area contributed by atoms with Gasteiger partial charge in [-0.25, -0.2) is 0 Å². The van der Waals surface area contributed by atoms with Gasteiger partial charge in [0.25, 0.3) is 0 Å². The first-order valence-corrected chi connectivity index (χ1v) is 6.74. The van der Waals surface area contributed by atoms with Crippen LogP contribution >= 0.6 is 11.6 Å². The summed E-state index contributed by atoms with van der Waals surface area (Å²) in [6, 6.07) is 8.96. The van der Waals surface area contributed by atoms with Crippen LogP contribution in [0.5, 0.6) is 5.88 Å². The van der Waals surface area contributed by atoms with E-state index in [2.05, 4.69) is 10.2 Å². The summed E-state index contributed by atoms with van der Waals surface area (Å²) in [5, 5.41) is 14.3. The van der Waals surface area contributed by atoms with Crippen molar-refractivity contribution in [2.75, 3.05) is 0 Å². The molecule has 0 unspecified atom stereocenters. The highest BCUT2D eigenvalue weighted by Crippen LogP contribution is 2.41. The van der Waals surface area contributed by atoms with Gasteiger partial charge in [-0.05, 0) is 41.9 Å². The van der Waals surface area contributed by atoms with E-state index in [4.69, 9.17) is 11.6 Å². The van der Waals surface area contributed by atoms with Crippen LogP contribution in [-0.4, -0.2) is 14.7 Å². The summed E-state index contributed by atoms with van der Waals surface area (Å²) in [4.78, 5) is 15.3. The molecule has 0 saturated heterocycles. The first kappa shape index (κ1) is 13.6. The van der Waals surface area contributed by atoms with Crippen molar-refractivity contribution >= 4 is 28.2 Å². The Morgan fingerprint density at radius 2 is 2.19 bits per heavy atom. The second-order valence-electron chi connectivity index (χ2n) is 4.79. The highest BCUT2D eigenvalue weighted by Gasteiger charge is 2.20. The zero-order valence-electron chi connectivity index (χ0n) is 11.2. The lowest BCUT2D eigenvalue weighted by atomic mass is 10.1. The number of hydrogen-bond donors (Lipinski definition) is 1. The summed E-state index contributed by atoms with van der Waals surface area (Å²) >= 11 is 6.03. The molecule has 0 saturated carbocycles. The molecule has 0 bridgehead atoms. The first-order chi connectivity index (χ1) is 10.1. The number of nitrogens with zero attached hydrogens (tertiary/aromatic N) is 3. The zero-order valence-corrected chi connectivity index (χ0v) is 12.0. The van der Waals surface area contributed by atoms with Gasteiger partial charge in [-0.15, -0.1) is 4.91 Å². The fourth-order valence-electron chi connectivity index (χ4n) is 2.53. The molecule has 0 radical (unpaired) electrons. The maximum Gasteiger partial charge on any atom is 0.222 e. The number of aryl methyl sites for hydroxylation is 1. The lowest BCUT2D eigenvalue weighted by molar-refractivity contribution is 0.429. The number of halogens is 1. The van der Waals surface area contributed by atoms with Crippen LogP contribution in [-0.2, 0) is 6.54 Å². The van der Waals surface area contributed by atoms with Crippen LogP contribution in [0.15, 0.2) is 41.7 Å². The number of benzene rings is 1. The summed E-state index contributed by atoms with van der Waals surface area (Å²) in [5.74, 6) is -0.170. The Bertz CT molecular complexity index is 828. The van der Waals surface area contributed by atoms with E-state index in [9.17, 15) is 10.0 Å². The molecule has 5 nitrogen and oxygen atoms in total. The van der Waals surface area contributed by atoms with Crippen LogP contribution in [0.25, 0.3) is 10.9 Å². The van der Waals surface area contributed by atoms with E-state index in [1.807, 2.05) is 25.1 Å². The number of aromatic hydroxyl groups is 1. The summed E-state index contributed by atoms with van der Waals surface area (Å²) in [5.41, 5.74) is 2.37. The number of aromatic nitrogens is 2. The molecule has 1 aromatic carbocycles. The predicted octanol–water partition coefficient (Wildman–Crippen LogP) is 4.15. The second kappa shape index (κ2) is 5.18. The number of rotatable bonds is 3. The predicted molar refractivity (Wildman–Crippen MR) is 82.1 cm³/mol. The molecule has 0 aliphatic rings. The Kier molecular flexibility index (Phi) is 3.35. The monoisotopic (exact) mass is 301 g/mol. The summed E-state index contributed by atoms with van der Waals surface area (Å²) < 4.78 is 1.63. The van der Waals surface area contributed by atoms with Crippen LogP contribution < -0.4 is 0 Å². The van der Waals surface area contributed by atoms with E-state index in [0.29, 0.717) is 17.0 Å². The minimum Gasteiger partial charge on any atom is -0.493 e. The molecule has 2 aromatic heterocycles. The fourth-order valence-corrected chi connectivity index (χ4v) is 2.80. The molecule has 0 aliphatic carbocycles. The number of hydrogen-bond acceptors (Lipinski definition) is 4. The van der Waals surface area contributed by atoms with Crippen LogP contribution in [0.2, 0.25) is 5.02 Å².